The zero-order chi connectivity index (χ0) is 12.4. The molecular formula is C13H26N2O. The Hall–Kier alpha value is -0.960. The standard InChI is InChI=1S/C13H26N2O/c1-6-7-13(9-8-12(2)14-3)15(4)10-11-16-5/h8-9,14H,6-7,10-11H2,1-5H3/b12-8-,13-9+. The van der Waals surface area contributed by atoms with Crippen LogP contribution < -0.4 is 5.32 Å². The molecule has 0 aromatic heterocycles. The fraction of sp³-hybridized carbons (Fsp3) is 0.692. The summed E-state index contributed by atoms with van der Waals surface area (Å²) in [5.74, 6) is 0. The number of nitrogens with zero attached hydrogens (tertiary/aromatic N) is 1. The highest BCUT2D eigenvalue weighted by Crippen LogP contribution is 2.10. The molecule has 3 nitrogen and oxygen atoms in total. The Bertz CT molecular complexity index is 234. The molecule has 94 valence electrons. The molecule has 0 rings (SSSR count). The van der Waals surface area contributed by atoms with Crippen molar-refractivity contribution in [1.29, 1.82) is 0 Å². The van der Waals surface area contributed by atoms with Gasteiger partial charge < -0.3 is 15.0 Å². The highest BCUT2D eigenvalue weighted by Gasteiger charge is 2.02. The molecular weight excluding hydrogens is 200 g/mol. The minimum atomic E-state index is 0.770. The van der Waals surface area contributed by atoms with Gasteiger partial charge in [-0.3, -0.25) is 0 Å². The molecule has 0 saturated carbocycles. The lowest BCUT2D eigenvalue weighted by molar-refractivity contribution is 0.172. The average molecular weight is 226 g/mol. The normalized spacial score (nSPS) is 12.8. The second kappa shape index (κ2) is 9.28. The van der Waals surface area contributed by atoms with Crippen molar-refractivity contribution >= 4 is 0 Å². The number of hydrogen-bond acceptors (Lipinski definition) is 3. The number of hydrogen-bond donors (Lipinski definition) is 1. The predicted molar refractivity (Wildman–Crippen MR) is 70.3 cm³/mol. The maximum absolute atomic E-state index is 5.09. The van der Waals surface area contributed by atoms with Gasteiger partial charge in [-0.05, 0) is 25.5 Å². The third-order valence-electron chi connectivity index (χ3n) is 2.55. The number of ether oxygens (including phenoxy) is 1. The summed E-state index contributed by atoms with van der Waals surface area (Å²) < 4.78 is 5.09. The summed E-state index contributed by atoms with van der Waals surface area (Å²) in [6.07, 6.45) is 6.57. The molecule has 0 spiro atoms. The SMILES string of the molecule is CCC/C(=C\C=C(\C)NC)N(C)CCOC. The summed E-state index contributed by atoms with van der Waals surface area (Å²) in [4.78, 5) is 2.26. The molecule has 0 aliphatic carbocycles. The minimum Gasteiger partial charge on any atom is -0.392 e. The molecule has 0 bridgehead atoms. The van der Waals surface area contributed by atoms with Crippen molar-refractivity contribution < 1.29 is 4.74 Å². The van der Waals surface area contributed by atoms with Gasteiger partial charge in [0.15, 0.2) is 0 Å². The van der Waals surface area contributed by atoms with Crippen LogP contribution in [-0.2, 0) is 4.74 Å². The molecule has 0 unspecified atom stereocenters. The molecule has 0 aromatic rings. The van der Waals surface area contributed by atoms with Crippen LogP contribution in [0.15, 0.2) is 23.5 Å². The fourth-order valence-electron chi connectivity index (χ4n) is 1.33. The average Bonchev–Trinajstić information content (AvgIpc) is 2.30. The van der Waals surface area contributed by atoms with E-state index in [1.165, 1.54) is 11.4 Å². The summed E-state index contributed by atoms with van der Waals surface area (Å²) in [5, 5.41) is 3.12. The van der Waals surface area contributed by atoms with Crippen LogP contribution in [0.3, 0.4) is 0 Å². The van der Waals surface area contributed by atoms with Gasteiger partial charge in [-0.2, -0.15) is 0 Å². The number of rotatable bonds is 8. The summed E-state index contributed by atoms with van der Waals surface area (Å²) in [6, 6.07) is 0. The van der Waals surface area contributed by atoms with Crippen molar-refractivity contribution in [2.75, 3.05) is 34.4 Å². The summed E-state index contributed by atoms with van der Waals surface area (Å²) in [7, 11) is 5.79. The van der Waals surface area contributed by atoms with Crippen LogP contribution in [0.4, 0.5) is 0 Å². The Morgan fingerprint density at radius 1 is 1.38 bits per heavy atom. The van der Waals surface area contributed by atoms with Crippen molar-refractivity contribution in [3.63, 3.8) is 0 Å². The monoisotopic (exact) mass is 226 g/mol. The summed E-state index contributed by atoms with van der Waals surface area (Å²) in [5.41, 5.74) is 2.53. The predicted octanol–water partition coefficient (Wildman–Crippen LogP) is 2.37. The quantitative estimate of drug-likeness (QED) is 0.643. The van der Waals surface area contributed by atoms with Gasteiger partial charge in [0.1, 0.15) is 0 Å². The van der Waals surface area contributed by atoms with E-state index in [1.54, 1.807) is 7.11 Å². The van der Waals surface area contributed by atoms with E-state index in [1.807, 2.05) is 7.05 Å². The molecule has 3 heteroatoms. The first-order valence-corrected chi connectivity index (χ1v) is 5.91. The van der Waals surface area contributed by atoms with Gasteiger partial charge in [0.2, 0.25) is 0 Å². The highest BCUT2D eigenvalue weighted by molar-refractivity contribution is 5.15. The lowest BCUT2D eigenvalue weighted by atomic mass is 10.2. The topological polar surface area (TPSA) is 24.5 Å². The molecule has 0 heterocycles. The van der Waals surface area contributed by atoms with Crippen LogP contribution >= 0.6 is 0 Å². The van der Waals surface area contributed by atoms with Crippen LogP contribution in [0.5, 0.6) is 0 Å². The maximum Gasteiger partial charge on any atom is 0.0637 e. The Morgan fingerprint density at radius 3 is 2.56 bits per heavy atom. The van der Waals surface area contributed by atoms with Crippen LogP contribution in [0.2, 0.25) is 0 Å². The largest absolute Gasteiger partial charge is 0.392 e. The molecule has 0 amide bonds. The molecule has 0 radical (unpaired) electrons. The van der Waals surface area contributed by atoms with Gasteiger partial charge in [-0.25, -0.2) is 0 Å². The Morgan fingerprint density at radius 2 is 2.06 bits per heavy atom. The fourth-order valence-corrected chi connectivity index (χ4v) is 1.33. The van der Waals surface area contributed by atoms with Crippen molar-refractivity contribution in [2.24, 2.45) is 0 Å². The second-order valence-electron chi connectivity index (χ2n) is 3.92. The van der Waals surface area contributed by atoms with Gasteiger partial charge >= 0.3 is 0 Å². The van der Waals surface area contributed by atoms with E-state index >= 15 is 0 Å². The zero-order valence-corrected chi connectivity index (χ0v) is 11.3. The van der Waals surface area contributed by atoms with E-state index in [4.69, 9.17) is 4.74 Å². The first-order valence-electron chi connectivity index (χ1n) is 5.91. The summed E-state index contributed by atoms with van der Waals surface area (Å²) in [6.45, 7) is 5.98. The minimum absolute atomic E-state index is 0.770. The van der Waals surface area contributed by atoms with Crippen molar-refractivity contribution in [3.8, 4) is 0 Å². The van der Waals surface area contributed by atoms with Crippen LogP contribution in [0.1, 0.15) is 26.7 Å². The van der Waals surface area contributed by atoms with Crippen molar-refractivity contribution in [1.82, 2.24) is 10.2 Å². The first kappa shape index (κ1) is 15.0. The molecule has 16 heavy (non-hydrogen) atoms. The van der Waals surface area contributed by atoms with E-state index in [-0.39, 0.29) is 0 Å². The molecule has 0 fully saturated rings. The number of nitrogens with one attached hydrogen (secondary N) is 1. The van der Waals surface area contributed by atoms with E-state index < -0.39 is 0 Å². The van der Waals surface area contributed by atoms with Gasteiger partial charge in [-0.15, -0.1) is 0 Å². The second-order valence-corrected chi connectivity index (χ2v) is 3.92. The zero-order valence-electron chi connectivity index (χ0n) is 11.3. The number of allylic oxidation sites excluding steroid dienone is 4. The first-order chi connectivity index (χ1) is 7.65. The molecule has 0 saturated heterocycles. The molecule has 0 atom stereocenters. The molecule has 0 aromatic carbocycles. The smallest absolute Gasteiger partial charge is 0.0637 e. The molecule has 0 aliphatic heterocycles. The van der Waals surface area contributed by atoms with Crippen LogP contribution in [0.25, 0.3) is 0 Å². The third kappa shape index (κ3) is 6.51. The Labute approximate surface area is 100 Å². The maximum atomic E-state index is 5.09. The lowest BCUT2D eigenvalue weighted by Gasteiger charge is -2.22. The van der Waals surface area contributed by atoms with Gasteiger partial charge in [0, 0.05) is 39.1 Å². The van der Waals surface area contributed by atoms with Crippen molar-refractivity contribution in [3.05, 3.63) is 23.5 Å². The van der Waals surface area contributed by atoms with E-state index in [9.17, 15) is 0 Å². The third-order valence-corrected chi connectivity index (χ3v) is 2.55. The molecule has 1 N–H and O–H groups in total. The van der Waals surface area contributed by atoms with E-state index in [0.29, 0.717) is 0 Å². The highest BCUT2D eigenvalue weighted by atomic mass is 16.5. The van der Waals surface area contributed by atoms with Crippen LogP contribution in [0, 0.1) is 0 Å². The number of likely N-dealkylation sites (N-methyl/N-ethyl adjacent to an activating group) is 1. The van der Waals surface area contributed by atoms with Gasteiger partial charge in [-0.1, -0.05) is 13.3 Å². The molecule has 0 aliphatic rings. The van der Waals surface area contributed by atoms with Crippen molar-refractivity contribution in [2.45, 2.75) is 26.7 Å². The lowest BCUT2D eigenvalue weighted by Crippen LogP contribution is -2.22. The van der Waals surface area contributed by atoms with E-state index in [2.05, 4.69) is 43.3 Å². The van der Waals surface area contributed by atoms with Crippen LogP contribution in [-0.4, -0.2) is 39.3 Å². The Balaban J connectivity index is 4.45. The van der Waals surface area contributed by atoms with Gasteiger partial charge in [0.05, 0.1) is 6.61 Å². The van der Waals surface area contributed by atoms with Gasteiger partial charge in [0.25, 0.3) is 0 Å². The van der Waals surface area contributed by atoms with E-state index in [0.717, 1.165) is 26.0 Å². The number of methoxy groups -OCH3 is 1. The Kier molecular flexibility index (Phi) is 8.72. The summed E-state index contributed by atoms with van der Waals surface area (Å²) >= 11 is 0.